The zero-order valence-electron chi connectivity index (χ0n) is 21.5. The van der Waals surface area contributed by atoms with Crippen molar-refractivity contribution < 1.29 is 4.74 Å². The van der Waals surface area contributed by atoms with E-state index in [1.807, 2.05) is 36.7 Å². The Kier molecular flexibility index (Phi) is 7.65. The van der Waals surface area contributed by atoms with E-state index < -0.39 is 0 Å². The zero-order valence-corrected chi connectivity index (χ0v) is 21.5. The van der Waals surface area contributed by atoms with Gasteiger partial charge >= 0.3 is 0 Å². The number of likely N-dealkylation sites (tertiary alicyclic amines) is 1. The van der Waals surface area contributed by atoms with Crippen LogP contribution in [0, 0.1) is 11.3 Å². The van der Waals surface area contributed by atoms with E-state index in [0.29, 0.717) is 24.9 Å². The second kappa shape index (κ2) is 11.4. The van der Waals surface area contributed by atoms with Crippen LogP contribution in [0.2, 0.25) is 0 Å². The summed E-state index contributed by atoms with van der Waals surface area (Å²) in [6.45, 7) is 3.26. The standard InChI is InChI=1S/C31H33N5O/c1-35(2)29-8-4-6-24(16-29)21-37-22-36-13-10-28(11-14-36)34-31-18-27(17-26-9-12-33-20-30(26)31)25-7-3-5-23(15-25)19-32/h3-9,12,15-18,20,28,34H,10-11,13-14,21-22H2,1-2H3. The molecule has 0 saturated carbocycles. The topological polar surface area (TPSA) is 64.4 Å². The predicted octanol–water partition coefficient (Wildman–Crippen LogP) is 5.89. The van der Waals surface area contributed by atoms with Gasteiger partial charge in [-0.3, -0.25) is 9.88 Å². The molecule has 188 valence electrons. The van der Waals surface area contributed by atoms with Crippen molar-refractivity contribution in [2.24, 2.45) is 0 Å². The number of anilines is 2. The van der Waals surface area contributed by atoms with E-state index in [-0.39, 0.29) is 0 Å². The lowest BCUT2D eigenvalue weighted by Gasteiger charge is -2.33. The molecule has 3 aromatic carbocycles. The van der Waals surface area contributed by atoms with Crippen LogP contribution in [0.25, 0.3) is 21.9 Å². The monoisotopic (exact) mass is 491 g/mol. The molecular formula is C31H33N5O. The van der Waals surface area contributed by atoms with Crippen molar-refractivity contribution in [2.75, 3.05) is 44.1 Å². The fourth-order valence-electron chi connectivity index (χ4n) is 4.90. The molecule has 0 radical (unpaired) electrons. The van der Waals surface area contributed by atoms with Crippen LogP contribution in [-0.2, 0) is 11.3 Å². The van der Waals surface area contributed by atoms with Gasteiger partial charge in [-0.1, -0.05) is 24.3 Å². The second-order valence-corrected chi connectivity index (χ2v) is 9.89. The number of nitriles is 1. The predicted molar refractivity (Wildman–Crippen MR) is 151 cm³/mol. The zero-order chi connectivity index (χ0) is 25.6. The van der Waals surface area contributed by atoms with Crippen molar-refractivity contribution in [3.8, 4) is 17.2 Å². The number of aromatic nitrogens is 1. The van der Waals surface area contributed by atoms with Crippen LogP contribution in [0.15, 0.2) is 79.1 Å². The highest BCUT2D eigenvalue weighted by molar-refractivity contribution is 5.97. The first kappa shape index (κ1) is 24.8. The van der Waals surface area contributed by atoms with Crippen molar-refractivity contribution in [3.05, 3.63) is 90.3 Å². The Bertz CT molecular complexity index is 1400. The van der Waals surface area contributed by atoms with Gasteiger partial charge in [0.25, 0.3) is 0 Å². The summed E-state index contributed by atoms with van der Waals surface area (Å²) in [6.07, 6.45) is 5.86. The first-order valence-electron chi connectivity index (χ1n) is 12.8. The number of hydrogen-bond acceptors (Lipinski definition) is 6. The average molecular weight is 492 g/mol. The molecule has 6 heteroatoms. The number of rotatable bonds is 8. The van der Waals surface area contributed by atoms with Gasteiger partial charge in [-0.2, -0.15) is 5.26 Å². The first-order valence-corrected chi connectivity index (χ1v) is 12.8. The number of benzene rings is 3. The van der Waals surface area contributed by atoms with Crippen molar-refractivity contribution in [3.63, 3.8) is 0 Å². The largest absolute Gasteiger partial charge is 0.382 e. The van der Waals surface area contributed by atoms with Gasteiger partial charge in [-0.25, -0.2) is 0 Å². The third-order valence-electron chi connectivity index (χ3n) is 7.00. The van der Waals surface area contributed by atoms with Crippen molar-refractivity contribution in [1.29, 1.82) is 5.26 Å². The summed E-state index contributed by atoms with van der Waals surface area (Å²) >= 11 is 0. The lowest BCUT2D eigenvalue weighted by molar-refractivity contribution is 0.00834. The van der Waals surface area contributed by atoms with Gasteiger partial charge in [0.2, 0.25) is 0 Å². The molecule has 0 spiro atoms. The maximum absolute atomic E-state index is 9.33. The summed E-state index contributed by atoms with van der Waals surface area (Å²) in [5.41, 5.74) is 6.30. The summed E-state index contributed by atoms with van der Waals surface area (Å²) in [5.74, 6) is 0. The number of pyridine rings is 1. The second-order valence-electron chi connectivity index (χ2n) is 9.89. The fourth-order valence-corrected chi connectivity index (χ4v) is 4.90. The number of nitrogens with one attached hydrogen (secondary N) is 1. The minimum Gasteiger partial charge on any atom is -0.382 e. The van der Waals surface area contributed by atoms with Crippen LogP contribution < -0.4 is 10.2 Å². The highest BCUT2D eigenvalue weighted by Gasteiger charge is 2.20. The Labute approximate surface area is 219 Å². The third-order valence-corrected chi connectivity index (χ3v) is 7.00. The Balaban J connectivity index is 1.21. The minimum absolute atomic E-state index is 0.386. The summed E-state index contributed by atoms with van der Waals surface area (Å²) < 4.78 is 6.04. The maximum atomic E-state index is 9.33. The van der Waals surface area contributed by atoms with Gasteiger partial charge in [-0.15, -0.1) is 0 Å². The van der Waals surface area contributed by atoms with Crippen LogP contribution in [0.3, 0.4) is 0 Å². The Morgan fingerprint density at radius 3 is 2.68 bits per heavy atom. The summed E-state index contributed by atoms with van der Waals surface area (Å²) in [7, 11) is 4.11. The van der Waals surface area contributed by atoms with Gasteiger partial charge in [0.15, 0.2) is 0 Å². The molecule has 1 fully saturated rings. The molecule has 1 saturated heterocycles. The van der Waals surface area contributed by atoms with Gasteiger partial charge in [0, 0.05) is 62.4 Å². The highest BCUT2D eigenvalue weighted by atomic mass is 16.5. The molecule has 5 rings (SSSR count). The van der Waals surface area contributed by atoms with Crippen LogP contribution in [0.1, 0.15) is 24.0 Å². The number of hydrogen-bond donors (Lipinski definition) is 1. The molecule has 0 atom stereocenters. The molecule has 6 nitrogen and oxygen atoms in total. The van der Waals surface area contributed by atoms with E-state index in [2.05, 4.69) is 82.7 Å². The van der Waals surface area contributed by atoms with Crippen LogP contribution >= 0.6 is 0 Å². The smallest absolute Gasteiger partial charge is 0.0994 e. The van der Waals surface area contributed by atoms with E-state index in [4.69, 9.17) is 4.74 Å². The van der Waals surface area contributed by atoms with E-state index in [1.165, 1.54) is 11.3 Å². The fraction of sp³-hybridized carbons (Fsp3) is 0.290. The molecule has 1 aliphatic heterocycles. The minimum atomic E-state index is 0.386. The van der Waals surface area contributed by atoms with Gasteiger partial charge < -0.3 is 15.0 Å². The van der Waals surface area contributed by atoms with Crippen LogP contribution in [-0.4, -0.2) is 49.8 Å². The van der Waals surface area contributed by atoms with Gasteiger partial charge in [-0.05, 0) is 77.4 Å². The number of nitrogens with zero attached hydrogens (tertiary/aromatic N) is 4. The Morgan fingerprint density at radius 2 is 1.86 bits per heavy atom. The highest BCUT2D eigenvalue weighted by Crippen LogP contribution is 2.32. The van der Waals surface area contributed by atoms with Crippen molar-refractivity contribution >= 4 is 22.1 Å². The van der Waals surface area contributed by atoms with Crippen molar-refractivity contribution in [2.45, 2.75) is 25.5 Å². The van der Waals surface area contributed by atoms with Crippen LogP contribution in [0.4, 0.5) is 11.4 Å². The Morgan fingerprint density at radius 1 is 1.03 bits per heavy atom. The molecular weight excluding hydrogens is 458 g/mol. The number of ether oxygens (including phenoxy) is 1. The normalized spacial score (nSPS) is 14.4. The van der Waals surface area contributed by atoms with E-state index in [9.17, 15) is 5.26 Å². The molecule has 1 aliphatic rings. The number of piperidine rings is 1. The first-order chi connectivity index (χ1) is 18.1. The molecule has 37 heavy (non-hydrogen) atoms. The number of fused-ring (bicyclic) bond motifs is 1. The van der Waals surface area contributed by atoms with E-state index in [1.54, 1.807) is 0 Å². The van der Waals surface area contributed by atoms with Gasteiger partial charge in [0.1, 0.15) is 0 Å². The van der Waals surface area contributed by atoms with E-state index in [0.717, 1.165) is 53.5 Å². The summed E-state index contributed by atoms with van der Waals surface area (Å²) in [6, 6.07) is 25.3. The molecule has 4 aromatic rings. The Hall–Kier alpha value is -3.92. The molecule has 0 unspecified atom stereocenters. The molecule has 0 bridgehead atoms. The molecule has 1 aromatic heterocycles. The van der Waals surface area contributed by atoms with E-state index >= 15 is 0 Å². The van der Waals surface area contributed by atoms with Crippen LogP contribution in [0.5, 0.6) is 0 Å². The van der Waals surface area contributed by atoms with Gasteiger partial charge in [0.05, 0.1) is 25.0 Å². The quantitative estimate of drug-likeness (QED) is 0.332. The lowest BCUT2D eigenvalue weighted by atomic mass is 9.98. The van der Waals surface area contributed by atoms with Crippen molar-refractivity contribution in [1.82, 2.24) is 9.88 Å². The average Bonchev–Trinajstić information content (AvgIpc) is 2.94. The SMILES string of the molecule is CN(C)c1cccc(COCN2CCC(Nc3cc(-c4cccc(C#N)c4)cc4ccncc34)CC2)c1. The summed E-state index contributed by atoms with van der Waals surface area (Å²) in [5, 5.41) is 15.4. The molecule has 0 amide bonds. The molecule has 1 N–H and O–H groups in total. The maximum Gasteiger partial charge on any atom is 0.0994 e. The summed E-state index contributed by atoms with van der Waals surface area (Å²) in [4.78, 5) is 8.87. The molecule has 2 heterocycles. The molecule has 0 aliphatic carbocycles. The lowest BCUT2D eigenvalue weighted by Crippen LogP contribution is -2.40. The third kappa shape index (κ3) is 6.08.